The Bertz CT molecular complexity index is 436. The maximum Gasteiger partial charge on any atom is 0.195 e. The summed E-state index contributed by atoms with van der Waals surface area (Å²) >= 11 is 7.53. The monoisotopic (exact) mass is 236 g/mol. The van der Waals surface area contributed by atoms with Crippen LogP contribution in [0.25, 0.3) is 0 Å². The standard InChI is InChI=1S/C12H9ClOS/c13-11(9-5-2-1-3-6-9)12(14)10-7-4-8-15-10/h1-8,11H. The summed E-state index contributed by atoms with van der Waals surface area (Å²) in [6, 6.07) is 13.0. The van der Waals surface area contributed by atoms with Gasteiger partial charge in [0.25, 0.3) is 0 Å². The Labute approximate surface area is 97.3 Å². The van der Waals surface area contributed by atoms with E-state index in [1.54, 1.807) is 6.07 Å². The summed E-state index contributed by atoms with van der Waals surface area (Å²) in [4.78, 5) is 12.6. The molecule has 1 aromatic heterocycles. The predicted molar refractivity (Wildman–Crippen MR) is 63.7 cm³/mol. The average molecular weight is 237 g/mol. The Morgan fingerprint density at radius 3 is 2.47 bits per heavy atom. The molecule has 0 saturated heterocycles. The first-order chi connectivity index (χ1) is 7.29. The Kier molecular flexibility index (Phi) is 3.19. The average Bonchev–Trinajstić information content (AvgIpc) is 2.82. The molecular formula is C12H9ClOS. The van der Waals surface area contributed by atoms with Crippen LogP contribution in [0.15, 0.2) is 47.8 Å². The maximum absolute atomic E-state index is 11.9. The highest BCUT2D eigenvalue weighted by Crippen LogP contribution is 2.26. The number of halogens is 1. The molecule has 2 aromatic rings. The first-order valence-corrected chi connectivity index (χ1v) is 5.87. The smallest absolute Gasteiger partial charge is 0.195 e. The molecule has 0 aliphatic heterocycles. The topological polar surface area (TPSA) is 17.1 Å². The summed E-state index contributed by atoms with van der Waals surface area (Å²) in [5, 5.41) is 1.30. The zero-order valence-corrected chi connectivity index (χ0v) is 9.46. The van der Waals surface area contributed by atoms with E-state index in [2.05, 4.69) is 0 Å². The number of carbonyl (C=O) groups excluding carboxylic acids is 1. The van der Waals surface area contributed by atoms with E-state index < -0.39 is 5.38 Å². The molecule has 76 valence electrons. The first kappa shape index (κ1) is 10.4. The van der Waals surface area contributed by atoms with Crippen LogP contribution in [-0.2, 0) is 0 Å². The van der Waals surface area contributed by atoms with Gasteiger partial charge in [0.15, 0.2) is 5.78 Å². The molecule has 1 nitrogen and oxygen atoms in total. The third-order valence-electron chi connectivity index (χ3n) is 2.09. The molecule has 1 aromatic carbocycles. The SMILES string of the molecule is O=C(c1cccs1)C(Cl)c1ccccc1. The van der Waals surface area contributed by atoms with Crippen LogP contribution in [-0.4, -0.2) is 5.78 Å². The van der Waals surface area contributed by atoms with Crippen LogP contribution < -0.4 is 0 Å². The normalized spacial score (nSPS) is 12.3. The zero-order valence-electron chi connectivity index (χ0n) is 7.89. The minimum absolute atomic E-state index is 0.0298. The lowest BCUT2D eigenvalue weighted by atomic mass is 10.1. The van der Waals surface area contributed by atoms with E-state index in [0.717, 1.165) is 5.56 Å². The maximum atomic E-state index is 11.9. The molecule has 0 aliphatic carbocycles. The quantitative estimate of drug-likeness (QED) is 0.583. The van der Waals surface area contributed by atoms with E-state index in [0.29, 0.717) is 4.88 Å². The van der Waals surface area contributed by atoms with Gasteiger partial charge in [0.1, 0.15) is 5.38 Å². The third-order valence-corrected chi connectivity index (χ3v) is 3.42. The van der Waals surface area contributed by atoms with Crippen LogP contribution in [0.4, 0.5) is 0 Å². The lowest BCUT2D eigenvalue weighted by Gasteiger charge is -2.06. The molecule has 3 heteroatoms. The van der Waals surface area contributed by atoms with Gasteiger partial charge in [-0.25, -0.2) is 0 Å². The van der Waals surface area contributed by atoms with Crippen molar-refractivity contribution in [3.63, 3.8) is 0 Å². The highest BCUT2D eigenvalue weighted by atomic mass is 35.5. The van der Waals surface area contributed by atoms with Gasteiger partial charge in [-0.05, 0) is 17.0 Å². The van der Waals surface area contributed by atoms with E-state index in [9.17, 15) is 4.79 Å². The molecule has 0 saturated carbocycles. The van der Waals surface area contributed by atoms with E-state index in [4.69, 9.17) is 11.6 Å². The minimum atomic E-state index is -0.579. The van der Waals surface area contributed by atoms with Crippen molar-refractivity contribution in [1.82, 2.24) is 0 Å². The molecule has 0 aliphatic rings. The van der Waals surface area contributed by atoms with E-state index in [1.807, 2.05) is 41.8 Å². The van der Waals surface area contributed by atoms with Crippen molar-refractivity contribution in [2.45, 2.75) is 5.38 Å². The summed E-state index contributed by atoms with van der Waals surface area (Å²) in [5.41, 5.74) is 0.845. The molecule has 0 amide bonds. The Hall–Kier alpha value is -1.12. The Morgan fingerprint density at radius 1 is 1.13 bits per heavy atom. The van der Waals surface area contributed by atoms with Crippen LogP contribution in [0.2, 0.25) is 0 Å². The lowest BCUT2D eigenvalue weighted by molar-refractivity contribution is 0.0991. The van der Waals surface area contributed by atoms with Gasteiger partial charge in [-0.15, -0.1) is 22.9 Å². The molecule has 2 rings (SSSR count). The second-order valence-corrected chi connectivity index (χ2v) is 4.50. The largest absolute Gasteiger partial charge is 0.291 e. The summed E-state index contributed by atoms with van der Waals surface area (Å²) < 4.78 is 0. The van der Waals surface area contributed by atoms with Crippen molar-refractivity contribution in [3.8, 4) is 0 Å². The van der Waals surface area contributed by atoms with Gasteiger partial charge in [-0.3, -0.25) is 4.79 Å². The van der Waals surface area contributed by atoms with Gasteiger partial charge in [0.05, 0.1) is 4.88 Å². The highest BCUT2D eigenvalue weighted by molar-refractivity contribution is 7.12. The number of Topliss-reactive ketones (excluding diaryl/α,β-unsaturated/α-hetero) is 1. The first-order valence-electron chi connectivity index (χ1n) is 4.56. The molecule has 1 unspecified atom stereocenters. The van der Waals surface area contributed by atoms with Crippen molar-refractivity contribution in [2.24, 2.45) is 0 Å². The van der Waals surface area contributed by atoms with Gasteiger partial charge >= 0.3 is 0 Å². The number of ketones is 1. The number of benzene rings is 1. The van der Waals surface area contributed by atoms with E-state index in [1.165, 1.54) is 11.3 Å². The number of thiophene rings is 1. The van der Waals surface area contributed by atoms with Gasteiger partial charge in [0.2, 0.25) is 0 Å². The van der Waals surface area contributed by atoms with Crippen molar-refractivity contribution in [2.75, 3.05) is 0 Å². The van der Waals surface area contributed by atoms with E-state index >= 15 is 0 Å². The lowest BCUT2D eigenvalue weighted by Crippen LogP contribution is -2.05. The van der Waals surface area contributed by atoms with Gasteiger partial charge in [-0.1, -0.05) is 36.4 Å². The van der Waals surface area contributed by atoms with Crippen molar-refractivity contribution in [3.05, 3.63) is 58.3 Å². The van der Waals surface area contributed by atoms with Crippen molar-refractivity contribution in [1.29, 1.82) is 0 Å². The Morgan fingerprint density at radius 2 is 1.87 bits per heavy atom. The fourth-order valence-electron chi connectivity index (χ4n) is 1.32. The van der Waals surface area contributed by atoms with Gasteiger partial charge < -0.3 is 0 Å². The minimum Gasteiger partial charge on any atom is -0.291 e. The van der Waals surface area contributed by atoms with Crippen LogP contribution >= 0.6 is 22.9 Å². The number of alkyl halides is 1. The number of carbonyl (C=O) groups is 1. The molecule has 1 atom stereocenters. The number of rotatable bonds is 3. The summed E-state index contributed by atoms with van der Waals surface area (Å²) in [5.74, 6) is -0.0298. The van der Waals surface area contributed by atoms with Crippen LogP contribution in [0.5, 0.6) is 0 Å². The molecule has 0 N–H and O–H groups in total. The Balaban J connectivity index is 2.23. The predicted octanol–water partition coefficient (Wildman–Crippen LogP) is 3.91. The second kappa shape index (κ2) is 4.60. The highest BCUT2D eigenvalue weighted by Gasteiger charge is 2.19. The number of hydrogen-bond acceptors (Lipinski definition) is 2. The van der Waals surface area contributed by atoms with Crippen LogP contribution in [0.3, 0.4) is 0 Å². The molecular weight excluding hydrogens is 228 g/mol. The van der Waals surface area contributed by atoms with Crippen molar-refractivity contribution >= 4 is 28.7 Å². The molecule has 0 radical (unpaired) electrons. The number of hydrogen-bond donors (Lipinski definition) is 0. The summed E-state index contributed by atoms with van der Waals surface area (Å²) in [6.45, 7) is 0. The van der Waals surface area contributed by atoms with Crippen LogP contribution in [0.1, 0.15) is 20.6 Å². The van der Waals surface area contributed by atoms with Crippen LogP contribution in [0, 0.1) is 0 Å². The van der Waals surface area contributed by atoms with Gasteiger partial charge in [0, 0.05) is 0 Å². The molecule has 0 bridgehead atoms. The van der Waals surface area contributed by atoms with Gasteiger partial charge in [-0.2, -0.15) is 0 Å². The fourth-order valence-corrected chi connectivity index (χ4v) is 2.34. The van der Waals surface area contributed by atoms with E-state index in [-0.39, 0.29) is 5.78 Å². The molecule has 0 spiro atoms. The van der Waals surface area contributed by atoms with Crippen molar-refractivity contribution < 1.29 is 4.79 Å². The third kappa shape index (κ3) is 2.28. The molecule has 1 heterocycles. The summed E-state index contributed by atoms with van der Waals surface area (Å²) in [6.07, 6.45) is 0. The second-order valence-electron chi connectivity index (χ2n) is 3.11. The zero-order chi connectivity index (χ0) is 10.7. The summed E-state index contributed by atoms with van der Waals surface area (Å²) in [7, 11) is 0. The fraction of sp³-hybridized carbons (Fsp3) is 0.0833. The molecule has 15 heavy (non-hydrogen) atoms. The molecule has 0 fully saturated rings.